The van der Waals surface area contributed by atoms with Crippen molar-refractivity contribution < 1.29 is 18.3 Å². The Labute approximate surface area is 119 Å². The number of carboxylic acids is 1. The summed E-state index contributed by atoms with van der Waals surface area (Å²) >= 11 is 0. The number of nitrogens with zero attached hydrogens (tertiary/aromatic N) is 2. The minimum atomic E-state index is -3.47. The van der Waals surface area contributed by atoms with E-state index in [1.807, 2.05) is 0 Å². The van der Waals surface area contributed by atoms with E-state index in [-0.39, 0.29) is 18.8 Å². The van der Waals surface area contributed by atoms with Crippen LogP contribution in [0.25, 0.3) is 0 Å². The highest BCUT2D eigenvalue weighted by molar-refractivity contribution is 7.89. The third kappa shape index (κ3) is 3.13. The van der Waals surface area contributed by atoms with Crippen LogP contribution in [-0.2, 0) is 14.8 Å². The topological polar surface area (TPSA) is 98.5 Å². The maximum Gasteiger partial charge on any atom is 0.306 e. The lowest BCUT2D eigenvalue weighted by Crippen LogP contribution is -2.44. The number of sulfonamides is 1. The molecule has 0 atom stereocenters. The molecule has 112 valence electrons. The highest BCUT2D eigenvalue weighted by Gasteiger charge is 2.41. The van der Waals surface area contributed by atoms with Gasteiger partial charge in [-0.05, 0) is 25.7 Å². The van der Waals surface area contributed by atoms with Crippen molar-refractivity contribution in [1.29, 1.82) is 5.26 Å². The fourth-order valence-corrected chi connectivity index (χ4v) is 5.16. The molecule has 2 aliphatic rings. The largest absolute Gasteiger partial charge is 0.481 e. The molecule has 0 bridgehead atoms. The van der Waals surface area contributed by atoms with E-state index < -0.39 is 27.3 Å². The lowest BCUT2D eigenvalue weighted by Gasteiger charge is -2.31. The predicted octanol–water partition coefficient (Wildman–Crippen LogP) is 1.20. The molecule has 1 saturated heterocycles. The fourth-order valence-electron chi connectivity index (χ4n) is 3.16. The van der Waals surface area contributed by atoms with Crippen molar-refractivity contribution in [1.82, 2.24) is 4.31 Å². The van der Waals surface area contributed by atoms with E-state index in [1.165, 1.54) is 4.31 Å². The average Bonchev–Trinajstić information content (AvgIpc) is 2.87. The number of carbonyl (C=O) groups is 1. The van der Waals surface area contributed by atoms with Crippen LogP contribution in [0.3, 0.4) is 0 Å². The zero-order chi connectivity index (χ0) is 14.8. The Hall–Kier alpha value is -1.13. The summed E-state index contributed by atoms with van der Waals surface area (Å²) in [5.41, 5.74) is -0.734. The molecule has 20 heavy (non-hydrogen) atoms. The number of piperidine rings is 1. The molecule has 0 aromatic rings. The van der Waals surface area contributed by atoms with Crippen LogP contribution in [0.5, 0.6) is 0 Å². The van der Waals surface area contributed by atoms with Crippen molar-refractivity contribution in [3.05, 3.63) is 0 Å². The van der Waals surface area contributed by atoms with E-state index in [0.717, 1.165) is 12.8 Å². The molecule has 0 aromatic heterocycles. The SMILES string of the molecule is N#CC1(CS(=O)(=O)N2CCC(C(=O)O)CC2)CCCC1. The second-order valence-electron chi connectivity index (χ2n) is 5.87. The molecule has 0 unspecified atom stereocenters. The molecular weight excluding hydrogens is 280 g/mol. The fraction of sp³-hybridized carbons (Fsp3) is 0.846. The van der Waals surface area contributed by atoms with Gasteiger partial charge >= 0.3 is 5.97 Å². The first-order valence-corrected chi connectivity index (χ1v) is 8.61. The molecule has 1 heterocycles. The van der Waals surface area contributed by atoms with Gasteiger partial charge in [0, 0.05) is 13.1 Å². The molecule has 1 N–H and O–H groups in total. The second-order valence-corrected chi connectivity index (χ2v) is 7.84. The van der Waals surface area contributed by atoms with E-state index in [1.54, 1.807) is 0 Å². The number of hydrogen-bond acceptors (Lipinski definition) is 4. The number of nitriles is 1. The van der Waals surface area contributed by atoms with Gasteiger partial charge in [0.1, 0.15) is 0 Å². The van der Waals surface area contributed by atoms with Crippen LogP contribution < -0.4 is 0 Å². The van der Waals surface area contributed by atoms with Gasteiger partial charge in [0.05, 0.1) is 23.2 Å². The average molecular weight is 300 g/mol. The summed E-state index contributed by atoms with van der Waals surface area (Å²) in [5.74, 6) is -1.42. The van der Waals surface area contributed by atoms with Gasteiger partial charge in [0.2, 0.25) is 10.0 Å². The molecule has 6 nitrogen and oxygen atoms in total. The number of aliphatic carboxylic acids is 1. The Kier molecular flexibility index (Phi) is 4.35. The van der Waals surface area contributed by atoms with E-state index in [9.17, 15) is 18.5 Å². The summed E-state index contributed by atoms with van der Waals surface area (Å²) in [4.78, 5) is 10.9. The molecule has 0 aromatic carbocycles. The predicted molar refractivity (Wildman–Crippen MR) is 72.2 cm³/mol. The van der Waals surface area contributed by atoms with Crippen molar-refractivity contribution in [2.45, 2.75) is 38.5 Å². The minimum Gasteiger partial charge on any atom is -0.481 e. The van der Waals surface area contributed by atoms with Crippen molar-refractivity contribution in [2.75, 3.05) is 18.8 Å². The Balaban J connectivity index is 2.01. The Morgan fingerprint density at radius 3 is 2.30 bits per heavy atom. The molecule has 0 spiro atoms. The molecule has 7 heteroatoms. The highest BCUT2D eigenvalue weighted by Crippen LogP contribution is 2.39. The molecule has 0 radical (unpaired) electrons. The summed E-state index contributed by atoms with van der Waals surface area (Å²) in [6, 6.07) is 2.20. The molecule has 1 aliphatic carbocycles. The molecule has 2 fully saturated rings. The van der Waals surface area contributed by atoms with Crippen molar-refractivity contribution in [2.24, 2.45) is 11.3 Å². The number of carboxylic acid groups (broad SMARTS) is 1. The lowest BCUT2D eigenvalue weighted by molar-refractivity contribution is -0.142. The normalized spacial score (nSPS) is 24.4. The number of hydrogen-bond donors (Lipinski definition) is 1. The first-order chi connectivity index (χ1) is 9.38. The summed E-state index contributed by atoms with van der Waals surface area (Å²) in [6.07, 6.45) is 3.82. The smallest absolute Gasteiger partial charge is 0.306 e. The molecule has 1 saturated carbocycles. The van der Waals surface area contributed by atoms with Crippen LogP contribution in [0.2, 0.25) is 0 Å². The Morgan fingerprint density at radius 2 is 1.85 bits per heavy atom. The summed E-state index contributed by atoms with van der Waals surface area (Å²) in [5, 5.41) is 18.2. The number of rotatable bonds is 4. The van der Waals surface area contributed by atoms with Crippen LogP contribution in [0, 0.1) is 22.7 Å². The van der Waals surface area contributed by atoms with Gasteiger partial charge in [0.25, 0.3) is 0 Å². The zero-order valence-corrected chi connectivity index (χ0v) is 12.2. The van der Waals surface area contributed by atoms with Crippen LogP contribution in [-0.4, -0.2) is 42.6 Å². The zero-order valence-electron chi connectivity index (χ0n) is 11.4. The molecule has 1 aliphatic heterocycles. The Morgan fingerprint density at radius 1 is 1.30 bits per heavy atom. The van der Waals surface area contributed by atoms with E-state index in [2.05, 4.69) is 6.07 Å². The minimum absolute atomic E-state index is 0.117. The van der Waals surface area contributed by atoms with Gasteiger partial charge in [-0.2, -0.15) is 5.26 Å². The van der Waals surface area contributed by atoms with Gasteiger partial charge in [-0.15, -0.1) is 0 Å². The maximum absolute atomic E-state index is 12.4. The quantitative estimate of drug-likeness (QED) is 0.841. The summed E-state index contributed by atoms with van der Waals surface area (Å²) in [7, 11) is -3.47. The first-order valence-electron chi connectivity index (χ1n) is 7.00. The van der Waals surface area contributed by atoms with Crippen LogP contribution in [0.1, 0.15) is 38.5 Å². The summed E-state index contributed by atoms with van der Waals surface area (Å²) < 4.78 is 26.2. The Bertz CT molecular complexity index is 509. The molecule has 2 rings (SSSR count). The van der Waals surface area contributed by atoms with E-state index in [4.69, 9.17) is 5.11 Å². The third-order valence-electron chi connectivity index (χ3n) is 4.45. The molecular formula is C13H20N2O4S. The molecule has 0 amide bonds. The van der Waals surface area contributed by atoms with Gasteiger partial charge in [-0.3, -0.25) is 4.79 Å². The standard InChI is InChI=1S/C13H20N2O4S/c14-9-13(5-1-2-6-13)10-20(18,19)15-7-3-11(4-8-15)12(16)17/h11H,1-8,10H2,(H,16,17). The second kappa shape index (κ2) is 5.70. The third-order valence-corrected chi connectivity index (χ3v) is 6.52. The summed E-state index contributed by atoms with van der Waals surface area (Å²) in [6.45, 7) is 0.502. The van der Waals surface area contributed by atoms with Crippen LogP contribution in [0.4, 0.5) is 0 Å². The first kappa shape index (κ1) is 15.3. The van der Waals surface area contributed by atoms with Crippen molar-refractivity contribution >= 4 is 16.0 Å². The van der Waals surface area contributed by atoms with Crippen molar-refractivity contribution in [3.8, 4) is 6.07 Å². The van der Waals surface area contributed by atoms with Crippen molar-refractivity contribution in [3.63, 3.8) is 0 Å². The maximum atomic E-state index is 12.4. The van der Waals surface area contributed by atoms with Crippen LogP contribution in [0.15, 0.2) is 0 Å². The van der Waals surface area contributed by atoms with Gasteiger partial charge in [-0.25, -0.2) is 12.7 Å². The van der Waals surface area contributed by atoms with Gasteiger partial charge < -0.3 is 5.11 Å². The van der Waals surface area contributed by atoms with Gasteiger partial charge in [-0.1, -0.05) is 12.8 Å². The van der Waals surface area contributed by atoms with E-state index in [0.29, 0.717) is 25.7 Å². The monoisotopic (exact) mass is 300 g/mol. The van der Waals surface area contributed by atoms with Crippen LogP contribution >= 0.6 is 0 Å². The highest BCUT2D eigenvalue weighted by atomic mass is 32.2. The van der Waals surface area contributed by atoms with Gasteiger partial charge in [0.15, 0.2) is 0 Å². The van der Waals surface area contributed by atoms with E-state index >= 15 is 0 Å². The lowest BCUT2D eigenvalue weighted by atomic mass is 9.91.